The van der Waals surface area contributed by atoms with Gasteiger partial charge in [0, 0.05) is 37.4 Å². The van der Waals surface area contributed by atoms with E-state index in [4.69, 9.17) is 15.2 Å². The van der Waals surface area contributed by atoms with E-state index in [2.05, 4.69) is 4.98 Å². The lowest BCUT2D eigenvalue weighted by atomic mass is 9.85. The summed E-state index contributed by atoms with van der Waals surface area (Å²) in [5.41, 5.74) is 8.22. The molecule has 0 radical (unpaired) electrons. The van der Waals surface area contributed by atoms with Gasteiger partial charge in [-0.25, -0.2) is 0 Å². The van der Waals surface area contributed by atoms with Crippen molar-refractivity contribution in [1.29, 1.82) is 0 Å². The Morgan fingerprint density at radius 1 is 1.03 bits per heavy atom. The first kappa shape index (κ1) is 23.3. The molecule has 8 heteroatoms. The number of nitrogens with zero attached hydrogens (tertiary/aromatic N) is 2. The SMILES string of the molecule is Cl.Cl.N[C@H]1CCC[C@@H](C(=O)N(Cc2ccncc2)Cc2ccc3c(c2)OCO3)C1. The van der Waals surface area contributed by atoms with Gasteiger partial charge in [-0.3, -0.25) is 9.78 Å². The number of fused-ring (bicyclic) bond motifs is 1. The lowest BCUT2D eigenvalue weighted by Gasteiger charge is -2.31. The van der Waals surface area contributed by atoms with E-state index in [9.17, 15) is 4.79 Å². The highest BCUT2D eigenvalue weighted by molar-refractivity contribution is 5.85. The standard InChI is InChI=1S/C21H25N3O3.2ClH/c22-18-3-1-2-17(11-18)21(25)24(12-15-6-8-23-9-7-15)13-16-4-5-19-20(10-16)27-14-26-19;;/h4-10,17-18H,1-3,11-14,22H2;2*1H/t17-,18+;;/m1../s1. The summed E-state index contributed by atoms with van der Waals surface area (Å²) < 4.78 is 10.9. The van der Waals surface area contributed by atoms with Crippen LogP contribution in [-0.4, -0.2) is 28.6 Å². The van der Waals surface area contributed by atoms with Gasteiger partial charge in [0.1, 0.15) is 0 Å². The van der Waals surface area contributed by atoms with Gasteiger partial charge in [-0.1, -0.05) is 12.5 Å². The number of aromatic nitrogens is 1. The van der Waals surface area contributed by atoms with Crippen molar-refractivity contribution < 1.29 is 14.3 Å². The topological polar surface area (TPSA) is 77.7 Å². The summed E-state index contributed by atoms with van der Waals surface area (Å²) in [4.78, 5) is 19.3. The summed E-state index contributed by atoms with van der Waals surface area (Å²) in [6.45, 7) is 1.34. The van der Waals surface area contributed by atoms with Gasteiger partial charge < -0.3 is 20.1 Å². The van der Waals surface area contributed by atoms with Crippen LogP contribution in [0.3, 0.4) is 0 Å². The minimum Gasteiger partial charge on any atom is -0.454 e. The molecule has 2 N–H and O–H groups in total. The van der Waals surface area contributed by atoms with Crippen LogP contribution in [-0.2, 0) is 17.9 Å². The maximum atomic E-state index is 13.3. The molecular weight excluding hydrogens is 413 g/mol. The second kappa shape index (κ2) is 10.7. The molecule has 1 fully saturated rings. The molecule has 1 amide bonds. The van der Waals surface area contributed by atoms with Crippen molar-refractivity contribution in [3.05, 3.63) is 53.9 Å². The van der Waals surface area contributed by atoms with Crippen LogP contribution in [0.4, 0.5) is 0 Å². The van der Waals surface area contributed by atoms with Gasteiger partial charge in [-0.15, -0.1) is 24.8 Å². The zero-order valence-electron chi connectivity index (χ0n) is 16.2. The van der Waals surface area contributed by atoms with Gasteiger partial charge in [0.15, 0.2) is 11.5 Å². The summed E-state index contributed by atoms with van der Waals surface area (Å²) >= 11 is 0. The fourth-order valence-electron chi connectivity index (χ4n) is 3.89. The lowest BCUT2D eigenvalue weighted by molar-refractivity contribution is -0.138. The van der Waals surface area contributed by atoms with E-state index in [-0.39, 0.29) is 49.5 Å². The number of rotatable bonds is 5. The van der Waals surface area contributed by atoms with Crippen molar-refractivity contribution in [2.24, 2.45) is 11.7 Å². The third-order valence-electron chi connectivity index (χ3n) is 5.31. The van der Waals surface area contributed by atoms with E-state index in [1.54, 1.807) is 12.4 Å². The molecule has 0 unspecified atom stereocenters. The molecule has 1 saturated carbocycles. The minimum atomic E-state index is 0. The lowest BCUT2D eigenvalue weighted by Crippen LogP contribution is -2.40. The van der Waals surface area contributed by atoms with Crippen molar-refractivity contribution in [3.8, 4) is 11.5 Å². The predicted octanol–water partition coefficient (Wildman–Crippen LogP) is 3.70. The van der Waals surface area contributed by atoms with Crippen molar-refractivity contribution in [2.45, 2.75) is 44.8 Å². The molecule has 6 nitrogen and oxygen atoms in total. The number of halogens is 2. The fraction of sp³-hybridized carbons (Fsp3) is 0.429. The molecule has 1 aliphatic heterocycles. The highest BCUT2D eigenvalue weighted by Gasteiger charge is 2.29. The molecule has 1 aromatic heterocycles. The zero-order valence-corrected chi connectivity index (χ0v) is 17.8. The Morgan fingerprint density at radius 2 is 1.76 bits per heavy atom. The van der Waals surface area contributed by atoms with Crippen LogP contribution in [0.1, 0.15) is 36.8 Å². The average molecular weight is 440 g/mol. The second-order valence-electron chi connectivity index (χ2n) is 7.36. The van der Waals surface area contributed by atoms with Gasteiger partial charge in [0.05, 0.1) is 0 Å². The summed E-state index contributed by atoms with van der Waals surface area (Å²) in [6.07, 6.45) is 7.23. The van der Waals surface area contributed by atoms with Gasteiger partial charge in [0.2, 0.25) is 12.7 Å². The Bertz CT molecular complexity index is 807. The first-order chi connectivity index (χ1) is 13.2. The van der Waals surface area contributed by atoms with Gasteiger partial charge in [-0.2, -0.15) is 0 Å². The number of carbonyl (C=O) groups is 1. The van der Waals surface area contributed by atoms with Crippen molar-refractivity contribution in [2.75, 3.05) is 6.79 Å². The molecule has 2 aromatic rings. The molecular formula is C21H27Cl2N3O3. The van der Waals surface area contributed by atoms with Crippen LogP contribution in [0.15, 0.2) is 42.7 Å². The Morgan fingerprint density at radius 3 is 2.52 bits per heavy atom. The average Bonchev–Trinajstić information content (AvgIpc) is 3.15. The second-order valence-corrected chi connectivity index (χ2v) is 7.36. The van der Waals surface area contributed by atoms with Crippen molar-refractivity contribution in [3.63, 3.8) is 0 Å². The Hall–Kier alpha value is -2.02. The molecule has 1 aliphatic carbocycles. The van der Waals surface area contributed by atoms with Gasteiger partial charge in [-0.05, 0) is 54.7 Å². The fourth-order valence-corrected chi connectivity index (χ4v) is 3.89. The molecule has 0 saturated heterocycles. The van der Waals surface area contributed by atoms with E-state index in [0.29, 0.717) is 13.1 Å². The number of ether oxygens (including phenoxy) is 2. The first-order valence-corrected chi connectivity index (χ1v) is 9.51. The molecule has 158 valence electrons. The predicted molar refractivity (Wildman–Crippen MR) is 115 cm³/mol. The van der Waals surface area contributed by atoms with Crippen LogP contribution < -0.4 is 15.2 Å². The summed E-state index contributed by atoms with van der Waals surface area (Å²) in [6, 6.07) is 9.89. The Kier molecular flexibility index (Phi) is 8.56. The Labute approximate surface area is 183 Å². The van der Waals surface area contributed by atoms with Crippen LogP contribution in [0.2, 0.25) is 0 Å². The van der Waals surface area contributed by atoms with Crippen LogP contribution in [0.5, 0.6) is 11.5 Å². The summed E-state index contributed by atoms with van der Waals surface area (Å²) in [7, 11) is 0. The highest BCUT2D eigenvalue weighted by Crippen LogP contribution is 2.33. The zero-order chi connectivity index (χ0) is 18.6. The number of hydrogen-bond donors (Lipinski definition) is 1. The van der Waals surface area contributed by atoms with E-state index in [1.165, 1.54) is 0 Å². The monoisotopic (exact) mass is 439 g/mol. The minimum absolute atomic E-state index is 0. The van der Waals surface area contributed by atoms with Crippen LogP contribution in [0.25, 0.3) is 0 Å². The maximum absolute atomic E-state index is 13.3. The highest BCUT2D eigenvalue weighted by atomic mass is 35.5. The van der Waals surface area contributed by atoms with E-state index >= 15 is 0 Å². The molecule has 1 aromatic carbocycles. The summed E-state index contributed by atoms with van der Waals surface area (Å²) in [5, 5.41) is 0. The van der Waals surface area contributed by atoms with Crippen molar-refractivity contribution >= 4 is 30.7 Å². The largest absolute Gasteiger partial charge is 0.454 e. The molecule has 2 aliphatic rings. The van der Waals surface area contributed by atoms with E-state index < -0.39 is 0 Å². The first-order valence-electron chi connectivity index (χ1n) is 9.51. The number of hydrogen-bond acceptors (Lipinski definition) is 5. The van der Waals surface area contributed by atoms with Crippen LogP contribution in [0, 0.1) is 5.92 Å². The molecule has 0 bridgehead atoms. The van der Waals surface area contributed by atoms with Crippen molar-refractivity contribution in [1.82, 2.24) is 9.88 Å². The maximum Gasteiger partial charge on any atom is 0.231 e. The van der Waals surface area contributed by atoms with E-state index in [0.717, 1.165) is 48.3 Å². The molecule has 2 atom stereocenters. The molecule has 0 spiro atoms. The van der Waals surface area contributed by atoms with Crippen LogP contribution >= 0.6 is 24.8 Å². The number of nitrogens with two attached hydrogens (primary N) is 1. The Balaban J connectivity index is 0.00000150. The normalized spacial score (nSPS) is 19.6. The smallest absolute Gasteiger partial charge is 0.231 e. The molecule has 4 rings (SSSR count). The quantitative estimate of drug-likeness (QED) is 0.767. The number of pyridine rings is 1. The molecule has 2 heterocycles. The summed E-state index contributed by atoms with van der Waals surface area (Å²) in [5.74, 6) is 1.68. The van der Waals surface area contributed by atoms with Gasteiger partial charge >= 0.3 is 0 Å². The third kappa shape index (κ3) is 5.75. The number of amides is 1. The van der Waals surface area contributed by atoms with E-state index in [1.807, 2.05) is 35.2 Å². The third-order valence-corrected chi connectivity index (χ3v) is 5.31. The number of benzene rings is 1. The number of carbonyl (C=O) groups excluding carboxylic acids is 1. The van der Waals surface area contributed by atoms with Gasteiger partial charge in [0.25, 0.3) is 0 Å². The molecule has 29 heavy (non-hydrogen) atoms.